The third-order valence-corrected chi connectivity index (χ3v) is 4.82. The Kier molecular flexibility index (Phi) is 3.93. The first-order valence-electron chi connectivity index (χ1n) is 8.47. The number of halogens is 2. The lowest BCUT2D eigenvalue weighted by Crippen LogP contribution is -2.43. The highest BCUT2D eigenvalue weighted by molar-refractivity contribution is 6.00. The molecule has 0 fully saturated rings. The Morgan fingerprint density at radius 2 is 2.12 bits per heavy atom. The zero-order valence-corrected chi connectivity index (χ0v) is 14.1. The lowest BCUT2D eigenvalue weighted by molar-refractivity contribution is -0.118. The molecular formula is C17H17F2N5O2. The normalized spacial score (nSPS) is 21.6. The first kappa shape index (κ1) is 16.6. The number of carbonyl (C=O) groups excluding carboxylic acids is 2. The molecule has 2 amide bonds. The van der Waals surface area contributed by atoms with Gasteiger partial charge in [-0.15, -0.1) is 5.10 Å². The fourth-order valence-electron chi connectivity index (χ4n) is 3.40. The summed E-state index contributed by atoms with van der Waals surface area (Å²) in [5.41, 5.74) is 0.321. The number of nitrogens with one attached hydrogen (secondary N) is 2. The molecule has 2 aliphatic heterocycles. The van der Waals surface area contributed by atoms with E-state index in [2.05, 4.69) is 20.7 Å². The van der Waals surface area contributed by atoms with Gasteiger partial charge in [-0.05, 0) is 37.8 Å². The number of rotatable bonds is 2. The number of aromatic nitrogens is 3. The molecule has 2 atom stereocenters. The lowest BCUT2D eigenvalue weighted by Gasteiger charge is -2.14. The minimum Gasteiger partial charge on any atom is -0.337 e. The monoisotopic (exact) mass is 361 g/mol. The summed E-state index contributed by atoms with van der Waals surface area (Å²) in [5, 5.41) is 9.22. The van der Waals surface area contributed by atoms with Crippen molar-refractivity contribution in [3.05, 3.63) is 41.0 Å². The van der Waals surface area contributed by atoms with Crippen molar-refractivity contribution in [1.82, 2.24) is 20.1 Å². The van der Waals surface area contributed by atoms with Crippen LogP contribution in [0.2, 0.25) is 0 Å². The molecule has 0 unspecified atom stereocenters. The Morgan fingerprint density at radius 3 is 2.88 bits per heavy atom. The topological polar surface area (TPSA) is 88.9 Å². The van der Waals surface area contributed by atoms with Crippen LogP contribution in [0.1, 0.15) is 47.8 Å². The van der Waals surface area contributed by atoms with Crippen LogP contribution in [-0.2, 0) is 17.6 Å². The summed E-state index contributed by atoms with van der Waals surface area (Å²) in [6, 6.07) is 1.21. The number of hydrogen-bond donors (Lipinski definition) is 2. The number of benzene rings is 1. The third-order valence-electron chi connectivity index (χ3n) is 4.82. The molecule has 136 valence electrons. The molecule has 3 heterocycles. The predicted molar refractivity (Wildman–Crippen MR) is 87.6 cm³/mol. The minimum atomic E-state index is -0.881. The Hall–Kier alpha value is -2.84. The molecule has 7 nitrogen and oxygen atoms in total. The van der Waals surface area contributed by atoms with Gasteiger partial charge in [-0.3, -0.25) is 9.59 Å². The van der Waals surface area contributed by atoms with E-state index in [9.17, 15) is 18.4 Å². The van der Waals surface area contributed by atoms with Crippen LogP contribution in [0.25, 0.3) is 0 Å². The number of nitrogens with zero attached hydrogens (tertiary/aromatic N) is 3. The van der Waals surface area contributed by atoms with E-state index in [0.717, 1.165) is 24.7 Å². The van der Waals surface area contributed by atoms with E-state index < -0.39 is 29.5 Å². The van der Waals surface area contributed by atoms with Crippen molar-refractivity contribution in [3.8, 4) is 0 Å². The van der Waals surface area contributed by atoms with E-state index in [1.54, 1.807) is 4.68 Å². The van der Waals surface area contributed by atoms with Crippen molar-refractivity contribution in [2.24, 2.45) is 0 Å². The maximum Gasteiger partial charge on any atom is 0.291 e. The summed E-state index contributed by atoms with van der Waals surface area (Å²) >= 11 is 0. The highest BCUT2D eigenvalue weighted by atomic mass is 19.1. The Bertz CT molecular complexity index is 911. The number of anilines is 1. The molecule has 2 aliphatic rings. The van der Waals surface area contributed by atoms with Crippen molar-refractivity contribution >= 4 is 17.5 Å². The highest BCUT2D eigenvalue weighted by Gasteiger charge is 2.30. The summed E-state index contributed by atoms with van der Waals surface area (Å²) in [4.78, 5) is 29.0. The van der Waals surface area contributed by atoms with Gasteiger partial charge in [-0.2, -0.15) is 0 Å². The van der Waals surface area contributed by atoms with Crippen molar-refractivity contribution < 1.29 is 18.4 Å². The van der Waals surface area contributed by atoms with E-state index in [4.69, 9.17) is 0 Å². The average Bonchev–Trinajstić information content (AvgIpc) is 3.11. The van der Waals surface area contributed by atoms with Crippen LogP contribution in [-0.4, -0.2) is 32.6 Å². The van der Waals surface area contributed by atoms with E-state index in [-0.39, 0.29) is 30.4 Å². The second kappa shape index (κ2) is 6.15. The standard InChI is InChI=1S/C17H17F2N5O2/c1-8-2-5-13-21-15(23-24(8)13)17(26)20-12-4-3-9-6-10(18)7-11(19)14(9)22-16(12)25/h6-8,12H,2-5H2,1H3,(H,20,26)(H,22,25)/t8-,12-/m0/s1. The minimum absolute atomic E-state index is 0.0123. The number of carbonyl (C=O) groups is 2. The van der Waals surface area contributed by atoms with Crippen LogP contribution in [0, 0.1) is 11.6 Å². The summed E-state index contributed by atoms with van der Waals surface area (Å²) in [5.74, 6) is -1.89. The van der Waals surface area contributed by atoms with E-state index in [1.165, 1.54) is 6.07 Å². The van der Waals surface area contributed by atoms with E-state index in [0.29, 0.717) is 5.56 Å². The maximum absolute atomic E-state index is 13.9. The maximum atomic E-state index is 13.9. The van der Waals surface area contributed by atoms with Crippen LogP contribution in [0.5, 0.6) is 0 Å². The first-order valence-corrected chi connectivity index (χ1v) is 8.47. The van der Waals surface area contributed by atoms with Crippen LogP contribution in [0.4, 0.5) is 14.5 Å². The number of fused-ring (bicyclic) bond motifs is 2. The first-order chi connectivity index (χ1) is 12.4. The zero-order chi connectivity index (χ0) is 18.4. The van der Waals surface area contributed by atoms with Crippen molar-refractivity contribution in [1.29, 1.82) is 0 Å². The molecule has 9 heteroatoms. The van der Waals surface area contributed by atoms with E-state index >= 15 is 0 Å². The second-order valence-electron chi connectivity index (χ2n) is 6.66. The fraction of sp³-hybridized carbons (Fsp3) is 0.412. The van der Waals surface area contributed by atoms with Gasteiger partial charge in [0.15, 0.2) is 0 Å². The van der Waals surface area contributed by atoms with Crippen LogP contribution < -0.4 is 10.6 Å². The molecule has 0 saturated heterocycles. The molecule has 0 aliphatic carbocycles. The van der Waals surface area contributed by atoms with Gasteiger partial charge in [0.2, 0.25) is 11.7 Å². The molecule has 26 heavy (non-hydrogen) atoms. The van der Waals surface area contributed by atoms with Crippen molar-refractivity contribution in [2.45, 2.75) is 44.7 Å². The molecule has 4 rings (SSSR count). The molecule has 1 aromatic heterocycles. The number of amides is 2. The Balaban J connectivity index is 1.51. The fourth-order valence-corrected chi connectivity index (χ4v) is 3.40. The van der Waals surface area contributed by atoms with Crippen LogP contribution in [0.15, 0.2) is 12.1 Å². The zero-order valence-electron chi connectivity index (χ0n) is 14.1. The average molecular weight is 361 g/mol. The largest absolute Gasteiger partial charge is 0.337 e. The Labute approximate surface area is 147 Å². The number of hydrogen-bond acceptors (Lipinski definition) is 4. The van der Waals surface area contributed by atoms with E-state index in [1.807, 2.05) is 6.92 Å². The molecule has 0 bridgehead atoms. The summed E-state index contributed by atoms with van der Waals surface area (Å²) in [6.45, 7) is 2.00. The quantitative estimate of drug-likeness (QED) is 0.853. The smallest absolute Gasteiger partial charge is 0.291 e. The van der Waals surface area contributed by atoms with Gasteiger partial charge in [0.05, 0.1) is 11.7 Å². The lowest BCUT2D eigenvalue weighted by atomic mass is 10.1. The molecule has 2 N–H and O–H groups in total. The van der Waals surface area contributed by atoms with Gasteiger partial charge in [0, 0.05) is 12.5 Å². The number of aryl methyl sites for hydroxylation is 2. The van der Waals surface area contributed by atoms with Gasteiger partial charge < -0.3 is 10.6 Å². The van der Waals surface area contributed by atoms with Gasteiger partial charge in [0.1, 0.15) is 23.5 Å². The van der Waals surface area contributed by atoms with Gasteiger partial charge in [0.25, 0.3) is 5.91 Å². The highest BCUT2D eigenvalue weighted by Crippen LogP contribution is 2.27. The van der Waals surface area contributed by atoms with Crippen molar-refractivity contribution in [3.63, 3.8) is 0 Å². The molecule has 0 radical (unpaired) electrons. The summed E-state index contributed by atoms with van der Waals surface area (Å²) in [6.07, 6.45) is 2.16. The van der Waals surface area contributed by atoms with Gasteiger partial charge >= 0.3 is 0 Å². The van der Waals surface area contributed by atoms with Gasteiger partial charge in [-0.25, -0.2) is 18.4 Å². The summed E-state index contributed by atoms with van der Waals surface area (Å²) < 4.78 is 29.0. The van der Waals surface area contributed by atoms with Crippen LogP contribution in [0.3, 0.4) is 0 Å². The predicted octanol–water partition coefficient (Wildman–Crippen LogP) is 1.75. The Morgan fingerprint density at radius 1 is 1.31 bits per heavy atom. The molecule has 1 aromatic carbocycles. The molecule has 0 spiro atoms. The molecule has 2 aromatic rings. The molecular weight excluding hydrogens is 344 g/mol. The second-order valence-corrected chi connectivity index (χ2v) is 6.66. The SMILES string of the molecule is C[C@H]1CCc2nc(C(=O)N[C@H]3CCc4cc(F)cc(F)c4NC3=O)nn21. The third kappa shape index (κ3) is 2.83. The van der Waals surface area contributed by atoms with Crippen LogP contribution >= 0.6 is 0 Å². The molecule has 0 saturated carbocycles. The van der Waals surface area contributed by atoms with Gasteiger partial charge in [-0.1, -0.05) is 0 Å². The summed E-state index contributed by atoms with van der Waals surface area (Å²) in [7, 11) is 0. The van der Waals surface area contributed by atoms with Crippen molar-refractivity contribution in [2.75, 3.05) is 5.32 Å².